The first kappa shape index (κ1) is 10.4. The molecule has 1 aliphatic rings. The summed E-state index contributed by atoms with van der Waals surface area (Å²) in [4.78, 5) is 4.16. The van der Waals surface area contributed by atoms with E-state index in [1.807, 2.05) is 0 Å². The van der Waals surface area contributed by atoms with Gasteiger partial charge in [-0.05, 0) is 17.2 Å². The fourth-order valence-electron chi connectivity index (χ4n) is 2.33. The van der Waals surface area contributed by atoms with E-state index in [4.69, 9.17) is 0 Å². The Morgan fingerprint density at radius 1 is 1.24 bits per heavy atom. The number of tetrazole rings is 1. The van der Waals surface area contributed by atoms with Crippen molar-refractivity contribution in [1.82, 2.24) is 25.1 Å². The second-order valence-electron chi connectivity index (χ2n) is 4.42. The smallest absolute Gasteiger partial charge is 0.162 e. The highest BCUT2D eigenvalue weighted by atomic mass is 15.6. The van der Waals surface area contributed by atoms with Gasteiger partial charge in [-0.2, -0.15) is 4.80 Å². The van der Waals surface area contributed by atoms with Crippen LogP contribution in [0.2, 0.25) is 0 Å². The molecule has 1 atom stereocenters. The quantitative estimate of drug-likeness (QED) is 0.791. The fraction of sp³-hybridized carbons (Fsp3) is 0.417. The van der Waals surface area contributed by atoms with Crippen LogP contribution in [0, 0.1) is 0 Å². The number of hydrogen-bond donors (Lipinski definition) is 0. The third-order valence-corrected chi connectivity index (χ3v) is 3.19. The van der Waals surface area contributed by atoms with Gasteiger partial charge in [0.25, 0.3) is 0 Å². The van der Waals surface area contributed by atoms with E-state index in [1.54, 1.807) is 4.80 Å². The molecule has 0 bridgehead atoms. The average Bonchev–Trinajstić information content (AvgIpc) is 3.00. The van der Waals surface area contributed by atoms with Crippen LogP contribution in [0.15, 0.2) is 36.7 Å². The number of nitrogens with zero attached hydrogens (tertiary/aromatic N) is 5. The summed E-state index contributed by atoms with van der Waals surface area (Å²) in [5, 5.41) is 11.8. The number of likely N-dealkylation sites (tertiary alicyclic amines) is 1. The fourth-order valence-corrected chi connectivity index (χ4v) is 2.33. The first-order valence-corrected chi connectivity index (χ1v) is 5.90. The highest BCUT2D eigenvalue weighted by Crippen LogP contribution is 2.21. The lowest BCUT2D eigenvalue weighted by molar-refractivity contribution is 0.303. The molecule has 0 N–H and O–H groups in total. The second kappa shape index (κ2) is 4.63. The van der Waals surface area contributed by atoms with Gasteiger partial charge in [0.1, 0.15) is 0 Å². The highest BCUT2D eigenvalue weighted by Gasteiger charge is 2.24. The van der Waals surface area contributed by atoms with Gasteiger partial charge in [-0.3, -0.25) is 4.90 Å². The number of hydrogen-bond acceptors (Lipinski definition) is 4. The Labute approximate surface area is 100 Å². The lowest BCUT2D eigenvalue weighted by Crippen LogP contribution is -2.22. The van der Waals surface area contributed by atoms with Crippen molar-refractivity contribution in [2.24, 2.45) is 0 Å². The predicted molar refractivity (Wildman–Crippen MR) is 63.2 cm³/mol. The van der Waals surface area contributed by atoms with Crippen LogP contribution in [0.4, 0.5) is 0 Å². The topological polar surface area (TPSA) is 46.8 Å². The molecule has 2 heterocycles. The molecule has 3 rings (SSSR count). The summed E-state index contributed by atoms with van der Waals surface area (Å²) in [6, 6.07) is 10.9. The molecule has 0 aliphatic carbocycles. The zero-order valence-corrected chi connectivity index (χ0v) is 9.61. The first-order valence-electron chi connectivity index (χ1n) is 5.90. The maximum atomic E-state index is 4.11. The van der Waals surface area contributed by atoms with Gasteiger partial charge in [0.15, 0.2) is 6.33 Å². The van der Waals surface area contributed by atoms with E-state index in [0.717, 1.165) is 26.1 Å². The summed E-state index contributed by atoms with van der Waals surface area (Å²) >= 11 is 0. The number of aromatic nitrogens is 4. The molecule has 1 aromatic heterocycles. The van der Waals surface area contributed by atoms with Crippen molar-refractivity contribution in [1.29, 1.82) is 0 Å². The van der Waals surface area contributed by atoms with E-state index in [2.05, 4.69) is 50.6 Å². The maximum Gasteiger partial charge on any atom is 0.162 e. The lowest BCUT2D eigenvalue weighted by Gasteiger charge is -2.15. The molecule has 5 heteroatoms. The van der Waals surface area contributed by atoms with Crippen LogP contribution in [-0.2, 0) is 6.54 Å². The molecule has 88 valence electrons. The zero-order chi connectivity index (χ0) is 11.5. The van der Waals surface area contributed by atoms with Crippen LogP contribution in [0.5, 0.6) is 0 Å². The molecule has 1 fully saturated rings. The third-order valence-electron chi connectivity index (χ3n) is 3.19. The molecule has 0 radical (unpaired) electrons. The Morgan fingerprint density at radius 2 is 2.12 bits per heavy atom. The SMILES string of the molecule is c1ccc(CN2CCC(n3ncnn3)C2)cc1. The Balaban J connectivity index is 1.61. The van der Waals surface area contributed by atoms with Gasteiger partial charge in [-0.25, -0.2) is 0 Å². The molecule has 1 unspecified atom stereocenters. The van der Waals surface area contributed by atoms with Crippen LogP contribution in [0.25, 0.3) is 0 Å². The van der Waals surface area contributed by atoms with Gasteiger partial charge in [-0.1, -0.05) is 30.3 Å². The van der Waals surface area contributed by atoms with Crippen LogP contribution in [-0.4, -0.2) is 38.2 Å². The van der Waals surface area contributed by atoms with Gasteiger partial charge in [0.2, 0.25) is 0 Å². The van der Waals surface area contributed by atoms with Crippen molar-refractivity contribution in [3.05, 3.63) is 42.2 Å². The van der Waals surface area contributed by atoms with E-state index >= 15 is 0 Å². The van der Waals surface area contributed by atoms with Crippen molar-refractivity contribution >= 4 is 0 Å². The second-order valence-corrected chi connectivity index (χ2v) is 4.42. The van der Waals surface area contributed by atoms with E-state index < -0.39 is 0 Å². The number of rotatable bonds is 3. The van der Waals surface area contributed by atoms with Crippen LogP contribution in [0.3, 0.4) is 0 Å². The molecule has 1 saturated heterocycles. The predicted octanol–water partition coefficient (Wildman–Crippen LogP) is 1.12. The Kier molecular flexibility index (Phi) is 2.83. The minimum Gasteiger partial charge on any atom is -0.297 e. The van der Waals surface area contributed by atoms with Crippen molar-refractivity contribution in [2.45, 2.75) is 19.0 Å². The summed E-state index contributed by atoms with van der Waals surface area (Å²) in [6.45, 7) is 3.11. The molecule has 1 aromatic carbocycles. The molecule has 0 amide bonds. The first-order chi connectivity index (χ1) is 8.42. The highest BCUT2D eigenvalue weighted by molar-refractivity contribution is 5.14. The molecular formula is C12H15N5. The van der Waals surface area contributed by atoms with Gasteiger partial charge in [0, 0.05) is 19.6 Å². The molecule has 0 saturated carbocycles. The standard InChI is InChI=1S/C12H15N5/c1-2-4-11(5-3-1)8-16-7-6-12(9-16)17-14-10-13-15-17/h1-5,10,12H,6-9H2. The normalized spacial score (nSPS) is 20.8. The zero-order valence-electron chi connectivity index (χ0n) is 9.61. The molecular weight excluding hydrogens is 214 g/mol. The van der Waals surface area contributed by atoms with Crippen LogP contribution < -0.4 is 0 Å². The van der Waals surface area contributed by atoms with E-state index in [1.165, 1.54) is 11.9 Å². The summed E-state index contributed by atoms with van der Waals surface area (Å²) in [6.07, 6.45) is 2.60. The van der Waals surface area contributed by atoms with Crippen molar-refractivity contribution in [2.75, 3.05) is 13.1 Å². The van der Waals surface area contributed by atoms with Crippen molar-refractivity contribution in [3.8, 4) is 0 Å². The lowest BCUT2D eigenvalue weighted by atomic mass is 10.2. The monoisotopic (exact) mass is 229 g/mol. The van der Waals surface area contributed by atoms with Gasteiger partial charge in [0.05, 0.1) is 6.04 Å². The minimum atomic E-state index is 0.376. The third kappa shape index (κ3) is 2.34. The molecule has 0 spiro atoms. The van der Waals surface area contributed by atoms with Crippen LogP contribution in [0.1, 0.15) is 18.0 Å². The Hall–Kier alpha value is -1.75. The molecule has 5 nitrogen and oxygen atoms in total. The summed E-state index contributed by atoms with van der Waals surface area (Å²) in [5.41, 5.74) is 1.36. The van der Waals surface area contributed by atoms with Gasteiger partial charge < -0.3 is 0 Å². The van der Waals surface area contributed by atoms with Gasteiger partial charge >= 0.3 is 0 Å². The summed E-state index contributed by atoms with van der Waals surface area (Å²) in [5.74, 6) is 0. The van der Waals surface area contributed by atoms with E-state index in [9.17, 15) is 0 Å². The number of benzene rings is 1. The van der Waals surface area contributed by atoms with Gasteiger partial charge in [-0.15, -0.1) is 10.2 Å². The minimum absolute atomic E-state index is 0.376. The largest absolute Gasteiger partial charge is 0.297 e. The van der Waals surface area contributed by atoms with Crippen molar-refractivity contribution < 1.29 is 0 Å². The average molecular weight is 229 g/mol. The molecule has 1 aliphatic heterocycles. The molecule has 17 heavy (non-hydrogen) atoms. The van der Waals surface area contributed by atoms with E-state index in [-0.39, 0.29) is 0 Å². The molecule has 2 aromatic rings. The van der Waals surface area contributed by atoms with Crippen molar-refractivity contribution in [3.63, 3.8) is 0 Å². The summed E-state index contributed by atoms with van der Waals surface area (Å²) in [7, 11) is 0. The van der Waals surface area contributed by atoms with Crippen LogP contribution >= 0.6 is 0 Å². The van der Waals surface area contributed by atoms with E-state index in [0.29, 0.717) is 6.04 Å². The Morgan fingerprint density at radius 3 is 2.88 bits per heavy atom. The summed E-state index contributed by atoms with van der Waals surface area (Å²) < 4.78 is 0. The maximum absolute atomic E-state index is 4.11. The Bertz CT molecular complexity index is 453.